The van der Waals surface area contributed by atoms with Crippen molar-refractivity contribution < 1.29 is 14.7 Å². The van der Waals surface area contributed by atoms with Crippen LogP contribution in [-0.4, -0.2) is 35.0 Å². The molecule has 1 atom stereocenters. The maximum absolute atomic E-state index is 12.4. The molecular formula is C18H23NO3. The van der Waals surface area contributed by atoms with Gasteiger partial charge in [0.2, 0.25) is 5.91 Å². The van der Waals surface area contributed by atoms with Crippen LogP contribution in [0.3, 0.4) is 0 Å². The number of carbonyl (C=O) groups excluding carboxylic acids is 1. The van der Waals surface area contributed by atoms with Gasteiger partial charge in [0, 0.05) is 13.1 Å². The van der Waals surface area contributed by atoms with Crippen LogP contribution in [0.4, 0.5) is 0 Å². The molecule has 1 saturated heterocycles. The maximum Gasteiger partial charge on any atom is 0.307 e. The molecular weight excluding hydrogens is 278 g/mol. The monoisotopic (exact) mass is 301 g/mol. The van der Waals surface area contributed by atoms with Crippen molar-refractivity contribution in [1.82, 2.24) is 4.90 Å². The van der Waals surface area contributed by atoms with E-state index in [2.05, 4.69) is 19.1 Å². The lowest BCUT2D eigenvalue weighted by Gasteiger charge is -2.32. The van der Waals surface area contributed by atoms with E-state index >= 15 is 0 Å². The standard InChI is InChI=1S/C18H23NO3/c1-2-13-3-5-14(6-4-13)11-16(20)19-9-7-18(8-10-19)12-15(18)17(21)22/h3-6,15H,2,7-12H2,1H3,(H,21,22). The van der Waals surface area contributed by atoms with E-state index in [0.29, 0.717) is 19.5 Å². The molecule has 1 N–H and O–H groups in total. The van der Waals surface area contributed by atoms with Gasteiger partial charge >= 0.3 is 5.97 Å². The van der Waals surface area contributed by atoms with E-state index in [9.17, 15) is 9.59 Å². The van der Waals surface area contributed by atoms with Crippen LogP contribution >= 0.6 is 0 Å². The number of likely N-dealkylation sites (tertiary alicyclic amines) is 1. The number of hydrogen-bond donors (Lipinski definition) is 1. The summed E-state index contributed by atoms with van der Waals surface area (Å²) in [6, 6.07) is 8.22. The second-order valence-electron chi connectivity index (χ2n) is 6.68. The molecule has 2 aliphatic rings. The Labute approximate surface area is 131 Å². The van der Waals surface area contributed by atoms with Gasteiger partial charge in [-0.2, -0.15) is 0 Å². The highest BCUT2D eigenvalue weighted by molar-refractivity contribution is 5.79. The summed E-state index contributed by atoms with van der Waals surface area (Å²) in [5, 5.41) is 9.10. The first-order valence-electron chi connectivity index (χ1n) is 8.12. The van der Waals surface area contributed by atoms with Gasteiger partial charge in [-0.25, -0.2) is 0 Å². The van der Waals surface area contributed by atoms with Crippen LogP contribution in [-0.2, 0) is 22.4 Å². The number of carbonyl (C=O) groups is 2. The summed E-state index contributed by atoms with van der Waals surface area (Å²) in [5.41, 5.74) is 2.33. The fourth-order valence-electron chi connectivity index (χ4n) is 3.63. The van der Waals surface area contributed by atoms with Crippen molar-refractivity contribution in [3.8, 4) is 0 Å². The van der Waals surface area contributed by atoms with E-state index in [1.54, 1.807) is 0 Å². The highest BCUT2D eigenvalue weighted by Crippen LogP contribution is 2.59. The number of benzene rings is 1. The number of nitrogens with zero attached hydrogens (tertiary/aromatic N) is 1. The molecule has 0 radical (unpaired) electrons. The zero-order valence-electron chi connectivity index (χ0n) is 13.0. The number of carboxylic acids is 1. The summed E-state index contributed by atoms with van der Waals surface area (Å²) < 4.78 is 0. The van der Waals surface area contributed by atoms with Crippen molar-refractivity contribution >= 4 is 11.9 Å². The first kappa shape index (κ1) is 15.1. The molecule has 1 aromatic carbocycles. The lowest BCUT2D eigenvalue weighted by Crippen LogP contribution is -2.40. The van der Waals surface area contributed by atoms with Crippen molar-refractivity contribution in [2.24, 2.45) is 11.3 Å². The van der Waals surface area contributed by atoms with E-state index < -0.39 is 5.97 Å². The Bertz CT molecular complexity index is 570. The quantitative estimate of drug-likeness (QED) is 0.929. The molecule has 0 bridgehead atoms. The summed E-state index contributed by atoms with van der Waals surface area (Å²) in [7, 11) is 0. The molecule has 118 valence electrons. The summed E-state index contributed by atoms with van der Waals surface area (Å²) in [6.45, 7) is 3.53. The van der Waals surface area contributed by atoms with E-state index in [0.717, 1.165) is 31.2 Å². The van der Waals surface area contributed by atoms with E-state index in [1.165, 1.54) is 5.56 Å². The minimum Gasteiger partial charge on any atom is -0.481 e. The molecule has 1 unspecified atom stereocenters. The van der Waals surface area contributed by atoms with Crippen molar-refractivity contribution in [3.63, 3.8) is 0 Å². The number of piperidine rings is 1. The minimum absolute atomic E-state index is 0.00854. The molecule has 1 saturated carbocycles. The van der Waals surface area contributed by atoms with Gasteiger partial charge in [-0.15, -0.1) is 0 Å². The largest absolute Gasteiger partial charge is 0.481 e. The van der Waals surface area contributed by atoms with Crippen LogP contribution in [0.2, 0.25) is 0 Å². The maximum atomic E-state index is 12.4. The lowest BCUT2D eigenvalue weighted by molar-refractivity contribution is -0.139. The first-order valence-corrected chi connectivity index (χ1v) is 8.12. The summed E-state index contributed by atoms with van der Waals surface area (Å²) in [6.07, 6.45) is 3.92. The van der Waals surface area contributed by atoms with Gasteiger partial charge in [0.1, 0.15) is 0 Å². The number of amides is 1. The number of hydrogen-bond acceptors (Lipinski definition) is 2. The Morgan fingerprint density at radius 2 is 1.77 bits per heavy atom. The Balaban J connectivity index is 1.53. The van der Waals surface area contributed by atoms with Crippen molar-refractivity contribution in [3.05, 3.63) is 35.4 Å². The van der Waals surface area contributed by atoms with E-state index in [1.807, 2.05) is 17.0 Å². The SMILES string of the molecule is CCc1ccc(CC(=O)N2CCC3(CC2)CC3C(=O)O)cc1. The second kappa shape index (κ2) is 5.75. The van der Waals surface area contributed by atoms with Crippen molar-refractivity contribution in [2.45, 2.75) is 39.0 Å². The number of aryl methyl sites for hydroxylation is 1. The molecule has 4 nitrogen and oxygen atoms in total. The van der Waals surface area contributed by atoms with Gasteiger partial charge < -0.3 is 10.0 Å². The minimum atomic E-state index is -0.671. The third-order valence-electron chi connectivity index (χ3n) is 5.39. The Hall–Kier alpha value is -1.84. The number of carboxylic acid groups (broad SMARTS) is 1. The van der Waals surface area contributed by atoms with Crippen LogP contribution < -0.4 is 0 Å². The van der Waals surface area contributed by atoms with Gasteiger partial charge in [-0.1, -0.05) is 31.2 Å². The number of aliphatic carboxylic acids is 1. The van der Waals surface area contributed by atoms with Crippen LogP contribution in [0.25, 0.3) is 0 Å². The predicted molar refractivity (Wildman–Crippen MR) is 83.5 cm³/mol. The molecule has 3 rings (SSSR count). The molecule has 22 heavy (non-hydrogen) atoms. The van der Waals surface area contributed by atoms with Crippen molar-refractivity contribution in [1.29, 1.82) is 0 Å². The average molecular weight is 301 g/mol. The molecule has 1 amide bonds. The highest BCUT2D eigenvalue weighted by atomic mass is 16.4. The van der Waals surface area contributed by atoms with Crippen LogP contribution in [0, 0.1) is 11.3 Å². The van der Waals surface area contributed by atoms with E-state index in [4.69, 9.17) is 5.11 Å². The topological polar surface area (TPSA) is 57.6 Å². The molecule has 1 aliphatic carbocycles. The molecule has 1 aromatic rings. The normalized spacial score (nSPS) is 22.6. The molecule has 1 spiro atoms. The lowest BCUT2D eigenvalue weighted by atomic mass is 9.90. The van der Waals surface area contributed by atoms with Gasteiger partial charge in [0.15, 0.2) is 0 Å². The van der Waals surface area contributed by atoms with Crippen LogP contribution in [0.5, 0.6) is 0 Å². The van der Waals surface area contributed by atoms with Gasteiger partial charge in [0.25, 0.3) is 0 Å². The Kier molecular flexibility index (Phi) is 3.94. The smallest absolute Gasteiger partial charge is 0.307 e. The first-order chi connectivity index (χ1) is 10.5. The van der Waals surface area contributed by atoms with Gasteiger partial charge in [0.05, 0.1) is 12.3 Å². The highest BCUT2D eigenvalue weighted by Gasteiger charge is 2.59. The van der Waals surface area contributed by atoms with Crippen LogP contribution in [0.15, 0.2) is 24.3 Å². The zero-order valence-corrected chi connectivity index (χ0v) is 13.0. The third-order valence-corrected chi connectivity index (χ3v) is 5.39. The summed E-state index contributed by atoms with van der Waals surface area (Å²) in [5.74, 6) is -0.686. The number of rotatable bonds is 4. The summed E-state index contributed by atoms with van der Waals surface area (Å²) >= 11 is 0. The predicted octanol–water partition coefficient (Wildman–Crippen LogP) is 2.50. The molecule has 2 fully saturated rings. The molecule has 1 heterocycles. The van der Waals surface area contributed by atoms with Gasteiger partial charge in [-0.3, -0.25) is 9.59 Å². The van der Waals surface area contributed by atoms with E-state index in [-0.39, 0.29) is 17.2 Å². The fraction of sp³-hybridized carbons (Fsp3) is 0.556. The zero-order chi connectivity index (χ0) is 15.7. The summed E-state index contributed by atoms with van der Waals surface area (Å²) in [4.78, 5) is 25.3. The third kappa shape index (κ3) is 2.87. The van der Waals surface area contributed by atoms with Crippen molar-refractivity contribution in [2.75, 3.05) is 13.1 Å². The second-order valence-corrected chi connectivity index (χ2v) is 6.68. The fourth-order valence-corrected chi connectivity index (χ4v) is 3.63. The Morgan fingerprint density at radius 3 is 2.27 bits per heavy atom. The molecule has 1 aliphatic heterocycles. The average Bonchev–Trinajstić information content (AvgIpc) is 3.22. The molecule has 0 aromatic heterocycles. The van der Waals surface area contributed by atoms with Crippen LogP contribution in [0.1, 0.15) is 37.3 Å². The Morgan fingerprint density at radius 1 is 1.18 bits per heavy atom. The molecule has 4 heteroatoms. The van der Waals surface area contributed by atoms with Gasteiger partial charge in [-0.05, 0) is 42.2 Å².